The lowest BCUT2D eigenvalue weighted by Crippen LogP contribution is -2.00. The molecule has 0 aliphatic carbocycles. The molecule has 2 N–H and O–H groups in total. The molecule has 5 nitrogen and oxygen atoms in total. The fourth-order valence-corrected chi connectivity index (χ4v) is 1.45. The van der Waals surface area contributed by atoms with Crippen LogP contribution in [-0.4, -0.2) is 21.7 Å². The first kappa shape index (κ1) is 11.2. The van der Waals surface area contributed by atoms with Gasteiger partial charge >= 0.3 is 0 Å². The zero-order chi connectivity index (χ0) is 11.4. The highest BCUT2D eigenvalue weighted by Crippen LogP contribution is 2.17. The molecule has 0 spiro atoms. The summed E-state index contributed by atoms with van der Waals surface area (Å²) in [5, 5.41) is 7.86. The second kappa shape index (κ2) is 5.18. The highest BCUT2D eigenvalue weighted by Gasteiger charge is 2.08. The van der Waals surface area contributed by atoms with Gasteiger partial charge in [0.15, 0.2) is 0 Å². The van der Waals surface area contributed by atoms with Gasteiger partial charge in [0.1, 0.15) is 5.69 Å². The molecule has 0 radical (unpaired) electrons. The molecule has 2 aromatic heterocycles. The second-order valence-corrected chi connectivity index (χ2v) is 4.17. The number of halogens is 1. The van der Waals surface area contributed by atoms with E-state index in [4.69, 9.17) is 10.2 Å². The van der Waals surface area contributed by atoms with Crippen LogP contribution >= 0.6 is 15.9 Å². The monoisotopic (exact) mass is 282 g/mol. The van der Waals surface area contributed by atoms with Crippen molar-refractivity contribution < 1.29 is 4.42 Å². The summed E-state index contributed by atoms with van der Waals surface area (Å²) >= 11 is 3.31. The van der Waals surface area contributed by atoms with Gasteiger partial charge in [0, 0.05) is 17.1 Å². The lowest BCUT2D eigenvalue weighted by Gasteiger charge is -1.93. The van der Waals surface area contributed by atoms with Crippen molar-refractivity contribution in [3.05, 3.63) is 28.7 Å². The Kier molecular flexibility index (Phi) is 3.63. The maximum Gasteiger partial charge on any atom is 0.266 e. The minimum Gasteiger partial charge on any atom is -0.419 e. The number of nitrogens with two attached hydrogens (primary N) is 1. The largest absolute Gasteiger partial charge is 0.419 e. The molecule has 0 atom stereocenters. The minimum absolute atomic E-state index is 0.444. The van der Waals surface area contributed by atoms with E-state index in [-0.39, 0.29) is 0 Å². The quantitative estimate of drug-likeness (QED) is 0.925. The van der Waals surface area contributed by atoms with E-state index in [9.17, 15) is 0 Å². The molecule has 2 aromatic rings. The molecule has 0 aliphatic rings. The van der Waals surface area contributed by atoms with Gasteiger partial charge in [0.2, 0.25) is 5.89 Å². The Morgan fingerprint density at radius 1 is 1.31 bits per heavy atom. The fourth-order valence-electron chi connectivity index (χ4n) is 1.21. The number of aryl methyl sites for hydroxylation is 1. The zero-order valence-electron chi connectivity index (χ0n) is 8.56. The van der Waals surface area contributed by atoms with Crippen molar-refractivity contribution in [3.8, 4) is 11.6 Å². The maximum absolute atomic E-state index is 5.46. The Morgan fingerprint density at radius 2 is 2.19 bits per heavy atom. The van der Waals surface area contributed by atoms with Crippen molar-refractivity contribution in [1.82, 2.24) is 15.2 Å². The number of hydrogen-bond acceptors (Lipinski definition) is 5. The molecule has 2 rings (SSSR count). The van der Waals surface area contributed by atoms with Crippen molar-refractivity contribution in [2.24, 2.45) is 5.73 Å². The topological polar surface area (TPSA) is 77.8 Å². The summed E-state index contributed by atoms with van der Waals surface area (Å²) in [6, 6.07) is 3.70. The van der Waals surface area contributed by atoms with Crippen molar-refractivity contribution >= 4 is 15.9 Å². The molecule has 0 aromatic carbocycles. The molecule has 0 bridgehead atoms. The molecule has 0 unspecified atom stereocenters. The lowest BCUT2D eigenvalue weighted by molar-refractivity contribution is 0.497. The van der Waals surface area contributed by atoms with Crippen LogP contribution in [0.3, 0.4) is 0 Å². The van der Waals surface area contributed by atoms with Gasteiger partial charge < -0.3 is 10.2 Å². The van der Waals surface area contributed by atoms with Gasteiger partial charge in [-0.15, -0.1) is 10.2 Å². The van der Waals surface area contributed by atoms with Crippen LogP contribution in [0.25, 0.3) is 11.6 Å². The minimum atomic E-state index is 0.444. The number of hydrogen-bond donors (Lipinski definition) is 1. The third-order valence-corrected chi connectivity index (χ3v) is 2.48. The van der Waals surface area contributed by atoms with Crippen LogP contribution in [0.4, 0.5) is 0 Å². The first-order valence-electron chi connectivity index (χ1n) is 4.94. The Balaban J connectivity index is 2.15. The van der Waals surface area contributed by atoms with E-state index in [2.05, 4.69) is 31.1 Å². The van der Waals surface area contributed by atoms with Gasteiger partial charge in [-0.1, -0.05) is 0 Å². The van der Waals surface area contributed by atoms with E-state index in [1.807, 2.05) is 12.1 Å². The molecule has 6 heteroatoms. The van der Waals surface area contributed by atoms with E-state index in [0.29, 0.717) is 30.4 Å². The normalized spacial score (nSPS) is 10.6. The standard InChI is InChI=1S/C10H11BrN4O/c11-7-3-4-8(13-6-7)10-15-14-9(16-10)2-1-5-12/h3-4,6H,1-2,5,12H2. The number of aromatic nitrogens is 3. The molecular weight excluding hydrogens is 272 g/mol. The van der Waals surface area contributed by atoms with Crippen LogP contribution in [-0.2, 0) is 6.42 Å². The fraction of sp³-hybridized carbons (Fsp3) is 0.300. The zero-order valence-corrected chi connectivity index (χ0v) is 10.1. The Morgan fingerprint density at radius 3 is 2.88 bits per heavy atom. The number of rotatable bonds is 4. The Bertz CT molecular complexity index is 454. The van der Waals surface area contributed by atoms with Crippen LogP contribution in [0, 0.1) is 0 Å². The number of nitrogens with zero attached hydrogens (tertiary/aromatic N) is 3. The van der Waals surface area contributed by atoms with Gasteiger partial charge in [-0.2, -0.15) is 0 Å². The van der Waals surface area contributed by atoms with E-state index < -0.39 is 0 Å². The first-order chi connectivity index (χ1) is 7.79. The molecule has 0 aliphatic heterocycles. The van der Waals surface area contributed by atoms with Crippen molar-refractivity contribution in [2.75, 3.05) is 6.54 Å². The molecule has 2 heterocycles. The summed E-state index contributed by atoms with van der Waals surface area (Å²) in [6.07, 6.45) is 3.24. The smallest absolute Gasteiger partial charge is 0.266 e. The predicted molar refractivity (Wildman–Crippen MR) is 62.6 cm³/mol. The number of pyridine rings is 1. The van der Waals surface area contributed by atoms with E-state index in [1.165, 1.54) is 0 Å². The van der Waals surface area contributed by atoms with Crippen LogP contribution in [0.1, 0.15) is 12.3 Å². The first-order valence-corrected chi connectivity index (χ1v) is 5.73. The average Bonchev–Trinajstić information content (AvgIpc) is 2.76. The van der Waals surface area contributed by atoms with Crippen molar-refractivity contribution in [1.29, 1.82) is 0 Å². The van der Waals surface area contributed by atoms with Crippen LogP contribution in [0.5, 0.6) is 0 Å². The molecule has 84 valence electrons. The van der Waals surface area contributed by atoms with Crippen molar-refractivity contribution in [2.45, 2.75) is 12.8 Å². The van der Waals surface area contributed by atoms with E-state index in [0.717, 1.165) is 10.9 Å². The van der Waals surface area contributed by atoms with Gasteiger partial charge in [-0.25, -0.2) is 4.98 Å². The summed E-state index contributed by atoms with van der Waals surface area (Å²) < 4.78 is 6.37. The lowest BCUT2D eigenvalue weighted by atomic mass is 10.3. The predicted octanol–water partition coefficient (Wildman–Crippen LogP) is 1.79. The van der Waals surface area contributed by atoms with Crippen LogP contribution < -0.4 is 5.73 Å². The third kappa shape index (κ3) is 2.65. The van der Waals surface area contributed by atoms with Gasteiger partial charge in [-0.05, 0) is 41.0 Å². The Hall–Kier alpha value is -1.27. The van der Waals surface area contributed by atoms with Gasteiger partial charge in [-0.3, -0.25) is 0 Å². The van der Waals surface area contributed by atoms with Crippen molar-refractivity contribution in [3.63, 3.8) is 0 Å². The van der Waals surface area contributed by atoms with Crippen LogP contribution in [0.2, 0.25) is 0 Å². The van der Waals surface area contributed by atoms with Gasteiger partial charge in [0.25, 0.3) is 5.89 Å². The molecule has 16 heavy (non-hydrogen) atoms. The summed E-state index contributed by atoms with van der Waals surface area (Å²) in [7, 11) is 0. The van der Waals surface area contributed by atoms with Gasteiger partial charge in [0.05, 0.1) is 0 Å². The van der Waals surface area contributed by atoms with E-state index in [1.54, 1.807) is 6.20 Å². The van der Waals surface area contributed by atoms with E-state index >= 15 is 0 Å². The summed E-state index contributed by atoms with van der Waals surface area (Å²) in [6.45, 7) is 0.619. The highest BCUT2D eigenvalue weighted by atomic mass is 79.9. The molecule has 0 fully saturated rings. The molecule has 0 amide bonds. The second-order valence-electron chi connectivity index (χ2n) is 3.25. The average molecular weight is 283 g/mol. The van der Waals surface area contributed by atoms with Crippen LogP contribution in [0.15, 0.2) is 27.2 Å². The maximum atomic E-state index is 5.46. The summed E-state index contributed by atoms with van der Waals surface area (Å²) in [5.74, 6) is 1.05. The molecular formula is C10H11BrN4O. The highest BCUT2D eigenvalue weighted by molar-refractivity contribution is 9.10. The Labute approximate surface area is 101 Å². The molecule has 0 saturated carbocycles. The SMILES string of the molecule is NCCCc1nnc(-c2ccc(Br)cn2)o1. The summed E-state index contributed by atoms with van der Waals surface area (Å²) in [5.41, 5.74) is 6.08. The third-order valence-electron chi connectivity index (χ3n) is 2.01. The molecule has 0 saturated heterocycles. The summed E-state index contributed by atoms with van der Waals surface area (Å²) in [4.78, 5) is 4.17.